The van der Waals surface area contributed by atoms with Gasteiger partial charge in [-0.15, -0.1) is 0 Å². The zero-order chi connectivity index (χ0) is 22.4. The lowest BCUT2D eigenvalue weighted by Gasteiger charge is -2.18. The highest BCUT2D eigenvalue weighted by molar-refractivity contribution is 5.93. The van der Waals surface area contributed by atoms with Gasteiger partial charge in [-0.25, -0.2) is 4.79 Å². The second kappa shape index (κ2) is 9.73. The lowest BCUT2D eigenvalue weighted by molar-refractivity contribution is -0.384. The standard InChI is InChI=1S/C21H26N4O5/c1-22(2)17-9-6-15(7-10-17)13-24(5)20(26)14-30-21(27)16-8-11-18(23(3)4)19(12-16)25(28)29/h6-12H,13-14H2,1-5H3. The van der Waals surface area contributed by atoms with Crippen LogP contribution < -0.4 is 9.80 Å². The summed E-state index contributed by atoms with van der Waals surface area (Å²) in [6.07, 6.45) is 0. The molecule has 30 heavy (non-hydrogen) atoms. The number of hydrogen-bond acceptors (Lipinski definition) is 7. The summed E-state index contributed by atoms with van der Waals surface area (Å²) in [5.74, 6) is -1.17. The number of ether oxygens (including phenoxy) is 1. The molecular weight excluding hydrogens is 388 g/mol. The van der Waals surface area contributed by atoms with Crippen molar-refractivity contribution in [1.29, 1.82) is 0 Å². The molecular formula is C21H26N4O5. The lowest BCUT2D eigenvalue weighted by Crippen LogP contribution is -2.30. The molecule has 1 amide bonds. The maximum Gasteiger partial charge on any atom is 0.338 e. The van der Waals surface area contributed by atoms with Crippen molar-refractivity contribution < 1.29 is 19.2 Å². The molecule has 0 fully saturated rings. The number of carbonyl (C=O) groups excluding carboxylic acids is 2. The quantitative estimate of drug-likeness (QED) is 0.372. The summed E-state index contributed by atoms with van der Waals surface area (Å²) in [5, 5.41) is 11.3. The Labute approximate surface area is 175 Å². The number of nitrogens with zero attached hydrogens (tertiary/aromatic N) is 4. The Morgan fingerprint density at radius 3 is 2.13 bits per heavy atom. The fraction of sp³-hybridized carbons (Fsp3) is 0.333. The topological polar surface area (TPSA) is 96.2 Å². The van der Waals surface area contributed by atoms with Crippen LogP contribution in [-0.4, -0.2) is 63.5 Å². The van der Waals surface area contributed by atoms with Crippen molar-refractivity contribution in [3.8, 4) is 0 Å². The van der Waals surface area contributed by atoms with E-state index in [4.69, 9.17) is 4.74 Å². The van der Waals surface area contributed by atoms with Crippen LogP contribution in [0.25, 0.3) is 0 Å². The summed E-state index contributed by atoms with van der Waals surface area (Å²) in [5.41, 5.74) is 2.17. The monoisotopic (exact) mass is 414 g/mol. The molecule has 2 aromatic carbocycles. The SMILES string of the molecule is CN(Cc1ccc(N(C)C)cc1)C(=O)COC(=O)c1ccc(N(C)C)c([N+](=O)[O-])c1. The molecule has 0 heterocycles. The number of rotatable bonds is 8. The van der Waals surface area contributed by atoms with Crippen molar-refractivity contribution in [3.63, 3.8) is 0 Å². The summed E-state index contributed by atoms with van der Waals surface area (Å²) >= 11 is 0. The maximum atomic E-state index is 12.3. The van der Waals surface area contributed by atoms with Crippen LogP contribution in [0.5, 0.6) is 0 Å². The molecule has 0 aromatic heterocycles. The van der Waals surface area contributed by atoms with Crippen LogP contribution in [0, 0.1) is 10.1 Å². The van der Waals surface area contributed by atoms with E-state index in [0.717, 1.165) is 17.3 Å². The minimum atomic E-state index is -0.791. The minimum Gasteiger partial charge on any atom is -0.452 e. The predicted molar refractivity (Wildman–Crippen MR) is 115 cm³/mol. The zero-order valence-corrected chi connectivity index (χ0v) is 17.8. The number of hydrogen-bond donors (Lipinski definition) is 0. The molecule has 0 N–H and O–H groups in total. The fourth-order valence-electron chi connectivity index (χ4n) is 2.76. The van der Waals surface area contributed by atoms with Crippen LogP contribution in [0.15, 0.2) is 42.5 Å². The first-order valence-electron chi connectivity index (χ1n) is 9.23. The van der Waals surface area contributed by atoms with Crippen molar-refractivity contribution in [1.82, 2.24) is 4.90 Å². The van der Waals surface area contributed by atoms with E-state index in [1.807, 2.05) is 43.3 Å². The molecule has 0 aliphatic carbocycles. The van der Waals surface area contributed by atoms with E-state index >= 15 is 0 Å². The summed E-state index contributed by atoms with van der Waals surface area (Å²) in [4.78, 5) is 40.3. The molecule has 0 aliphatic heterocycles. The number of esters is 1. The highest BCUT2D eigenvalue weighted by Crippen LogP contribution is 2.28. The highest BCUT2D eigenvalue weighted by Gasteiger charge is 2.20. The number of likely N-dealkylation sites (N-methyl/N-ethyl adjacent to an activating group) is 1. The maximum absolute atomic E-state index is 12.3. The molecule has 9 heteroatoms. The number of nitro groups is 1. The molecule has 2 aromatic rings. The van der Waals surface area contributed by atoms with Gasteiger partial charge in [-0.05, 0) is 29.8 Å². The first-order valence-corrected chi connectivity index (χ1v) is 9.23. The Balaban J connectivity index is 1.97. The van der Waals surface area contributed by atoms with Crippen LogP contribution in [0.3, 0.4) is 0 Å². The molecule has 2 rings (SSSR count). The van der Waals surface area contributed by atoms with Crippen molar-refractivity contribution in [2.45, 2.75) is 6.54 Å². The lowest BCUT2D eigenvalue weighted by atomic mass is 10.1. The second-order valence-corrected chi connectivity index (χ2v) is 7.24. The van der Waals surface area contributed by atoms with Crippen LogP contribution >= 0.6 is 0 Å². The average Bonchev–Trinajstić information content (AvgIpc) is 2.71. The Morgan fingerprint density at radius 1 is 0.967 bits per heavy atom. The van der Waals surface area contributed by atoms with E-state index in [0.29, 0.717) is 12.2 Å². The van der Waals surface area contributed by atoms with E-state index in [2.05, 4.69) is 0 Å². The number of anilines is 2. The third-order valence-electron chi connectivity index (χ3n) is 4.51. The van der Waals surface area contributed by atoms with Gasteiger partial charge in [0.25, 0.3) is 11.6 Å². The third-order valence-corrected chi connectivity index (χ3v) is 4.51. The van der Waals surface area contributed by atoms with Gasteiger partial charge >= 0.3 is 5.97 Å². The summed E-state index contributed by atoms with van der Waals surface area (Å²) in [6.45, 7) is -0.0819. The van der Waals surface area contributed by atoms with Gasteiger partial charge in [0.2, 0.25) is 0 Å². The predicted octanol–water partition coefficient (Wildman–Crippen LogP) is 2.54. The normalized spacial score (nSPS) is 10.3. The Bertz CT molecular complexity index is 925. The van der Waals surface area contributed by atoms with Crippen LogP contribution in [0.2, 0.25) is 0 Å². The largest absolute Gasteiger partial charge is 0.452 e. The Hall–Kier alpha value is -3.62. The van der Waals surface area contributed by atoms with Crippen LogP contribution in [-0.2, 0) is 16.1 Å². The van der Waals surface area contributed by atoms with Crippen LogP contribution in [0.1, 0.15) is 15.9 Å². The average molecular weight is 414 g/mol. The molecule has 9 nitrogen and oxygen atoms in total. The molecule has 0 saturated carbocycles. The summed E-state index contributed by atoms with van der Waals surface area (Å²) in [7, 11) is 8.85. The van der Waals surface area contributed by atoms with E-state index < -0.39 is 17.5 Å². The molecule has 160 valence electrons. The second-order valence-electron chi connectivity index (χ2n) is 7.24. The van der Waals surface area contributed by atoms with Gasteiger partial charge in [0, 0.05) is 53.5 Å². The smallest absolute Gasteiger partial charge is 0.338 e. The van der Waals surface area contributed by atoms with Gasteiger partial charge < -0.3 is 19.4 Å². The highest BCUT2D eigenvalue weighted by atomic mass is 16.6. The van der Waals surface area contributed by atoms with Crippen molar-refractivity contribution in [3.05, 3.63) is 63.7 Å². The number of nitro benzene ring substituents is 1. The van der Waals surface area contributed by atoms with E-state index in [-0.39, 0.29) is 17.2 Å². The van der Waals surface area contributed by atoms with Gasteiger partial charge in [0.15, 0.2) is 6.61 Å². The molecule has 0 spiro atoms. The Kier molecular flexibility index (Phi) is 7.35. The third kappa shape index (κ3) is 5.69. The van der Waals surface area contributed by atoms with Crippen LogP contribution in [0.4, 0.5) is 17.1 Å². The first-order chi connectivity index (χ1) is 14.1. The van der Waals surface area contributed by atoms with Gasteiger partial charge in [0.1, 0.15) is 5.69 Å². The van der Waals surface area contributed by atoms with Gasteiger partial charge in [-0.1, -0.05) is 12.1 Å². The summed E-state index contributed by atoms with van der Waals surface area (Å²) in [6, 6.07) is 11.8. The van der Waals surface area contributed by atoms with Crippen molar-refractivity contribution >= 4 is 28.9 Å². The number of benzene rings is 2. The van der Waals surface area contributed by atoms with E-state index in [1.165, 1.54) is 17.0 Å². The van der Waals surface area contributed by atoms with Gasteiger partial charge in [0.05, 0.1) is 10.5 Å². The van der Waals surface area contributed by atoms with Crippen molar-refractivity contribution in [2.75, 3.05) is 51.6 Å². The molecule has 0 bridgehead atoms. The number of carbonyl (C=O) groups is 2. The first kappa shape index (κ1) is 22.7. The molecule has 0 radical (unpaired) electrons. The molecule has 0 saturated heterocycles. The molecule has 0 atom stereocenters. The van der Waals surface area contributed by atoms with Crippen molar-refractivity contribution in [2.24, 2.45) is 0 Å². The molecule has 0 unspecified atom stereocenters. The fourth-order valence-corrected chi connectivity index (χ4v) is 2.76. The number of amides is 1. The summed E-state index contributed by atoms with van der Waals surface area (Å²) < 4.78 is 5.06. The van der Waals surface area contributed by atoms with E-state index in [1.54, 1.807) is 26.0 Å². The minimum absolute atomic E-state index is 0.0158. The van der Waals surface area contributed by atoms with Gasteiger partial charge in [-0.3, -0.25) is 14.9 Å². The Morgan fingerprint density at radius 2 is 1.60 bits per heavy atom. The van der Waals surface area contributed by atoms with E-state index in [9.17, 15) is 19.7 Å². The molecule has 0 aliphatic rings. The zero-order valence-electron chi connectivity index (χ0n) is 17.8. The van der Waals surface area contributed by atoms with Gasteiger partial charge in [-0.2, -0.15) is 0 Å².